The van der Waals surface area contributed by atoms with Gasteiger partial charge in [-0.1, -0.05) is 6.07 Å². The minimum atomic E-state index is 0.00179. The van der Waals surface area contributed by atoms with Crippen molar-refractivity contribution in [3.05, 3.63) is 40.7 Å². The van der Waals surface area contributed by atoms with E-state index >= 15 is 0 Å². The minimum absolute atomic E-state index is 0.00179. The normalized spacial score (nSPS) is 10.2. The van der Waals surface area contributed by atoms with Crippen LogP contribution in [-0.2, 0) is 0 Å². The number of nitrogens with two attached hydrogens (primary N) is 1. The van der Waals surface area contributed by atoms with Crippen LogP contribution < -0.4 is 16.4 Å². The predicted octanol–water partition coefficient (Wildman–Crippen LogP) is 2.35. The third kappa shape index (κ3) is 4.24. The molecule has 5 nitrogen and oxygen atoms in total. The van der Waals surface area contributed by atoms with Gasteiger partial charge in [-0.3, -0.25) is 4.79 Å². The highest BCUT2D eigenvalue weighted by atomic mass is 32.1. The Kier molecular flexibility index (Phi) is 5.37. The lowest BCUT2D eigenvalue weighted by molar-refractivity contribution is 0.0957. The van der Waals surface area contributed by atoms with E-state index in [4.69, 9.17) is 5.73 Å². The van der Waals surface area contributed by atoms with Gasteiger partial charge in [0.1, 0.15) is 5.82 Å². The van der Waals surface area contributed by atoms with Crippen LogP contribution in [0.4, 0.5) is 11.5 Å². The van der Waals surface area contributed by atoms with Gasteiger partial charge in [0, 0.05) is 19.3 Å². The van der Waals surface area contributed by atoms with Gasteiger partial charge in [0.15, 0.2) is 0 Å². The molecule has 2 aromatic heterocycles. The number of thiophene rings is 1. The Bertz CT molecular complexity index is 542. The highest BCUT2D eigenvalue weighted by molar-refractivity contribution is 7.12. The van der Waals surface area contributed by atoms with Crippen LogP contribution in [0.15, 0.2) is 35.8 Å². The first-order valence-corrected chi connectivity index (χ1v) is 7.41. The van der Waals surface area contributed by atoms with E-state index in [0.29, 0.717) is 12.2 Å². The lowest BCUT2D eigenvalue weighted by atomic mass is 10.3. The largest absolute Gasteiger partial charge is 0.396 e. The molecule has 0 saturated carbocycles. The van der Waals surface area contributed by atoms with Crippen LogP contribution in [0.5, 0.6) is 0 Å². The maximum absolute atomic E-state index is 11.7. The van der Waals surface area contributed by atoms with Gasteiger partial charge in [-0.05, 0) is 36.4 Å². The SMILES string of the molecule is Nc1cccnc1NCCCCNC(=O)c1cccs1. The number of aromatic nitrogens is 1. The zero-order valence-corrected chi connectivity index (χ0v) is 12.0. The number of rotatable bonds is 7. The van der Waals surface area contributed by atoms with Gasteiger partial charge in [0.05, 0.1) is 10.6 Å². The molecule has 0 saturated heterocycles. The Morgan fingerprint density at radius 1 is 1.25 bits per heavy atom. The number of carbonyl (C=O) groups excluding carboxylic acids is 1. The second kappa shape index (κ2) is 7.49. The number of anilines is 2. The van der Waals surface area contributed by atoms with E-state index in [9.17, 15) is 4.79 Å². The number of nitrogens with zero attached hydrogens (tertiary/aromatic N) is 1. The van der Waals surface area contributed by atoms with Crippen LogP contribution >= 0.6 is 11.3 Å². The van der Waals surface area contributed by atoms with Crippen molar-refractivity contribution in [1.82, 2.24) is 10.3 Å². The number of hydrogen-bond acceptors (Lipinski definition) is 5. The maximum atomic E-state index is 11.7. The molecule has 2 aromatic rings. The van der Waals surface area contributed by atoms with E-state index in [1.54, 1.807) is 12.3 Å². The monoisotopic (exact) mass is 290 g/mol. The molecule has 0 unspecified atom stereocenters. The van der Waals surface area contributed by atoms with Crippen molar-refractivity contribution < 1.29 is 4.79 Å². The molecule has 106 valence electrons. The third-order valence-electron chi connectivity index (χ3n) is 2.77. The standard InChI is InChI=1S/C14H18N4OS/c15-11-5-3-9-17-13(11)16-7-1-2-8-18-14(19)12-6-4-10-20-12/h3-6,9-10H,1-2,7-8,15H2,(H,16,17)(H,18,19). The summed E-state index contributed by atoms with van der Waals surface area (Å²) >= 11 is 1.45. The van der Waals surface area contributed by atoms with Crippen molar-refractivity contribution in [3.63, 3.8) is 0 Å². The average molecular weight is 290 g/mol. The van der Waals surface area contributed by atoms with Crippen molar-refractivity contribution in [2.24, 2.45) is 0 Å². The summed E-state index contributed by atoms with van der Waals surface area (Å²) in [6.07, 6.45) is 3.57. The second-order valence-corrected chi connectivity index (χ2v) is 5.26. The van der Waals surface area contributed by atoms with Gasteiger partial charge in [-0.15, -0.1) is 11.3 Å². The fraction of sp³-hybridized carbons (Fsp3) is 0.286. The van der Waals surface area contributed by atoms with Crippen LogP contribution in [0.25, 0.3) is 0 Å². The molecule has 1 amide bonds. The first kappa shape index (κ1) is 14.3. The Labute approximate surface area is 122 Å². The van der Waals surface area contributed by atoms with Crippen LogP contribution in [0.1, 0.15) is 22.5 Å². The summed E-state index contributed by atoms with van der Waals surface area (Å²) in [6, 6.07) is 7.32. The van der Waals surface area contributed by atoms with Crippen LogP contribution in [0.2, 0.25) is 0 Å². The fourth-order valence-electron chi connectivity index (χ4n) is 1.72. The quantitative estimate of drug-likeness (QED) is 0.684. The molecule has 6 heteroatoms. The Morgan fingerprint density at radius 2 is 2.10 bits per heavy atom. The lowest BCUT2D eigenvalue weighted by Gasteiger charge is -2.08. The highest BCUT2D eigenvalue weighted by Crippen LogP contribution is 2.12. The minimum Gasteiger partial charge on any atom is -0.396 e. The Balaban J connectivity index is 1.58. The molecule has 2 heterocycles. The number of nitrogen functional groups attached to an aromatic ring is 1. The summed E-state index contributed by atoms with van der Waals surface area (Å²) in [5.74, 6) is 0.719. The van der Waals surface area contributed by atoms with Crippen molar-refractivity contribution in [3.8, 4) is 0 Å². The summed E-state index contributed by atoms with van der Waals surface area (Å²) in [7, 11) is 0. The molecular weight excluding hydrogens is 272 g/mol. The molecule has 0 aliphatic carbocycles. The van der Waals surface area contributed by atoms with Crippen molar-refractivity contribution in [2.75, 3.05) is 24.1 Å². The molecule has 0 fully saturated rings. The van der Waals surface area contributed by atoms with E-state index < -0.39 is 0 Å². The molecule has 0 radical (unpaired) electrons. The predicted molar refractivity (Wildman–Crippen MR) is 83.0 cm³/mol. The number of unbranched alkanes of at least 4 members (excludes halogenated alkanes) is 1. The molecule has 2 rings (SSSR count). The van der Waals surface area contributed by atoms with Gasteiger partial charge in [-0.25, -0.2) is 4.98 Å². The Morgan fingerprint density at radius 3 is 2.85 bits per heavy atom. The average Bonchev–Trinajstić information content (AvgIpc) is 2.98. The smallest absolute Gasteiger partial charge is 0.261 e. The van der Waals surface area contributed by atoms with E-state index in [1.807, 2.05) is 23.6 Å². The summed E-state index contributed by atoms with van der Waals surface area (Å²) < 4.78 is 0. The summed E-state index contributed by atoms with van der Waals surface area (Å²) in [5, 5.41) is 7.98. The van der Waals surface area contributed by atoms with Gasteiger partial charge in [-0.2, -0.15) is 0 Å². The van der Waals surface area contributed by atoms with E-state index in [0.717, 1.165) is 30.1 Å². The summed E-state index contributed by atoms with van der Waals surface area (Å²) in [5.41, 5.74) is 6.43. The summed E-state index contributed by atoms with van der Waals surface area (Å²) in [6.45, 7) is 1.46. The summed E-state index contributed by atoms with van der Waals surface area (Å²) in [4.78, 5) is 16.6. The molecule has 0 aromatic carbocycles. The molecule has 0 bridgehead atoms. The molecule has 0 atom stereocenters. The maximum Gasteiger partial charge on any atom is 0.261 e. The molecule has 0 aliphatic heterocycles. The Hall–Kier alpha value is -2.08. The number of nitrogens with one attached hydrogen (secondary N) is 2. The topological polar surface area (TPSA) is 80.0 Å². The third-order valence-corrected chi connectivity index (χ3v) is 3.63. The fourth-order valence-corrected chi connectivity index (χ4v) is 2.36. The van der Waals surface area contributed by atoms with Crippen LogP contribution in [0, 0.1) is 0 Å². The second-order valence-electron chi connectivity index (χ2n) is 4.31. The van der Waals surface area contributed by atoms with Gasteiger partial charge in [0.25, 0.3) is 5.91 Å². The first-order valence-electron chi connectivity index (χ1n) is 6.53. The van der Waals surface area contributed by atoms with Gasteiger partial charge in [0.2, 0.25) is 0 Å². The molecule has 4 N–H and O–H groups in total. The number of carbonyl (C=O) groups is 1. The van der Waals surface area contributed by atoms with E-state index in [-0.39, 0.29) is 5.91 Å². The molecular formula is C14H18N4OS. The van der Waals surface area contributed by atoms with Crippen molar-refractivity contribution >= 4 is 28.7 Å². The van der Waals surface area contributed by atoms with E-state index in [2.05, 4.69) is 15.6 Å². The number of amides is 1. The highest BCUT2D eigenvalue weighted by Gasteiger charge is 2.04. The molecule has 0 spiro atoms. The van der Waals surface area contributed by atoms with Crippen LogP contribution in [-0.4, -0.2) is 24.0 Å². The number of hydrogen-bond donors (Lipinski definition) is 3. The van der Waals surface area contributed by atoms with Crippen LogP contribution in [0.3, 0.4) is 0 Å². The zero-order chi connectivity index (χ0) is 14.2. The van der Waals surface area contributed by atoms with Crippen molar-refractivity contribution in [1.29, 1.82) is 0 Å². The number of pyridine rings is 1. The zero-order valence-electron chi connectivity index (χ0n) is 11.1. The van der Waals surface area contributed by atoms with Crippen molar-refractivity contribution in [2.45, 2.75) is 12.8 Å². The first-order chi connectivity index (χ1) is 9.77. The van der Waals surface area contributed by atoms with Gasteiger partial charge >= 0.3 is 0 Å². The lowest BCUT2D eigenvalue weighted by Crippen LogP contribution is -2.23. The van der Waals surface area contributed by atoms with Gasteiger partial charge < -0.3 is 16.4 Å². The van der Waals surface area contributed by atoms with E-state index in [1.165, 1.54) is 11.3 Å². The molecule has 0 aliphatic rings. The molecule has 20 heavy (non-hydrogen) atoms.